The summed E-state index contributed by atoms with van der Waals surface area (Å²) >= 11 is 12.0. The molecular formula is C17H18Cl2N2O. The first-order valence-corrected chi connectivity index (χ1v) is 7.73. The van der Waals surface area contributed by atoms with Crippen molar-refractivity contribution in [2.75, 3.05) is 12.4 Å². The second-order valence-corrected chi connectivity index (χ2v) is 6.03. The highest BCUT2D eigenvalue weighted by Crippen LogP contribution is 2.21. The molecular weight excluding hydrogens is 319 g/mol. The molecule has 2 aromatic rings. The number of hydrogen-bond donors (Lipinski definition) is 1. The number of amides is 1. The van der Waals surface area contributed by atoms with Gasteiger partial charge < -0.3 is 5.32 Å². The van der Waals surface area contributed by atoms with Crippen LogP contribution < -0.4 is 5.32 Å². The van der Waals surface area contributed by atoms with Crippen molar-refractivity contribution < 1.29 is 4.79 Å². The number of nitrogens with zero attached hydrogens (tertiary/aromatic N) is 1. The van der Waals surface area contributed by atoms with Gasteiger partial charge in [-0.15, -0.1) is 0 Å². The smallest absolute Gasteiger partial charge is 0.241 e. The normalized spacial score (nSPS) is 12.2. The van der Waals surface area contributed by atoms with Gasteiger partial charge in [0, 0.05) is 11.6 Å². The fourth-order valence-electron chi connectivity index (χ4n) is 2.06. The Bertz CT molecular complexity index is 661. The van der Waals surface area contributed by atoms with Gasteiger partial charge in [-0.3, -0.25) is 9.69 Å². The summed E-state index contributed by atoms with van der Waals surface area (Å²) in [7, 11) is 1.90. The van der Waals surface area contributed by atoms with Gasteiger partial charge in [0.05, 0.1) is 16.8 Å². The molecule has 22 heavy (non-hydrogen) atoms. The Morgan fingerprint density at radius 2 is 1.91 bits per heavy atom. The quantitative estimate of drug-likeness (QED) is 0.874. The first-order valence-electron chi connectivity index (χ1n) is 6.97. The molecule has 0 aliphatic carbocycles. The van der Waals surface area contributed by atoms with Crippen LogP contribution >= 0.6 is 23.2 Å². The van der Waals surface area contributed by atoms with E-state index in [1.807, 2.05) is 55.3 Å². The fraction of sp³-hybridized carbons (Fsp3) is 0.235. The first-order chi connectivity index (χ1) is 10.5. The van der Waals surface area contributed by atoms with Gasteiger partial charge in [-0.05, 0) is 43.8 Å². The van der Waals surface area contributed by atoms with Crippen LogP contribution in [0.3, 0.4) is 0 Å². The highest BCUT2D eigenvalue weighted by Gasteiger charge is 2.19. The van der Waals surface area contributed by atoms with Crippen LogP contribution in [0.15, 0.2) is 48.5 Å². The fourth-order valence-corrected chi connectivity index (χ4v) is 2.46. The maximum absolute atomic E-state index is 12.3. The zero-order chi connectivity index (χ0) is 16.1. The summed E-state index contributed by atoms with van der Waals surface area (Å²) in [5.74, 6) is -0.0994. The van der Waals surface area contributed by atoms with Crippen LogP contribution in [0.25, 0.3) is 0 Å². The first kappa shape index (κ1) is 16.8. The highest BCUT2D eigenvalue weighted by atomic mass is 35.5. The van der Waals surface area contributed by atoms with Crippen molar-refractivity contribution in [1.29, 1.82) is 0 Å². The summed E-state index contributed by atoms with van der Waals surface area (Å²) in [4.78, 5) is 14.3. The molecule has 3 nitrogen and oxygen atoms in total. The molecule has 0 aromatic heterocycles. The number of carbonyl (C=O) groups excluding carboxylic acids is 1. The molecule has 0 saturated heterocycles. The molecule has 1 N–H and O–H groups in total. The minimum atomic E-state index is -0.296. The van der Waals surface area contributed by atoms with Gasteiger partial charge in [0.1, 0.15) is 0 Å². The van der Waals surface area contributed by atoms with E-state index in [9.17, 15) is 4.79 Å². The SMILES string of the molecule is CC(C(=O)Nc1ccccc1Cl)N(C)Cc1cccc(Cl)c1. The van der Waals surface area contributed by atoms with Crippen LogP contribution in [0.5, 0.6) is 0 Å². The number of nitrogens with one attached hydrogen (secondary N) is 1. The predicted octanol–water partition coefficient (Wildman–Crippen LogP) is 4.45. The van der Waals surface area contributed by atoms with Gasteiger partial charge in [0.2, 0.25) is 5.91 Å². The van der Waals surface area contributed by atoms with Crippen LogP contribution in [0.1, 0.15) is 12.5 Å². The second kappa shape index (κ2) is 7.63. The van der Waals surface area contributed by atoms with E-state index in [1.165, 1.54) is 0 Å². The Labute approximate surface area is 140 Å². The molecule has 0 aliphatic rings. The monoisotopic (exact) mass is 336 g/mol. The minimum Gasteiger partial charge on any atom is -0.323 e. The largest absolute Gasteiger partial charge is 0.323 e. The van der Waals surface area contributed by atoms with Crippen molar-refractivity contribution in [3.05, 3.63) is 64.1 Å². The topological polar surface area (TPSA) is 32.3 Å². The zero-order valence-electron chi connectivity index (χ0n) is 12.5. The molecule has 2 rings (SSSR count). The summed E-state index contributed by atoms with van der Waals surface area (Å²) in [5.41, 5.74) is 1.68. The third kappa shape index (κ3) is 4.47. The number of rotatable bonds is 5. The maximum atomic E-state index is 12.3. The minimum absolute atomic E-state index is 0.0994. The Kier molecular flexibility index (Phi) is 5.83. The predicted molar refractivity (Wildman–Crippen MR) is 92.5 cm³/mol. The molecule has 0 fully saturated rings. The van der Waals surface area contributed by atoms with Crippen molar-refractivity contribution in [1.82, 2.24) is 4.90 Å². The average Bonchev–Trinajstić information content (AvgIpc) is 2.48. The lowest BCUT2D eigenvalue weighted by Crippen LogP contribution is -2.39. The van der Waals surface area contributed by atoms with E-state index in [4.69, 9.17) is 23.2 Å². The second-order valence-electron chi connectivity index (χ2n) is 5.19. The van der Waals surface area contributed by atoms with E-state index in [1.54, 1.807) is 12.1 Å². The molecule has 0 radical (unpaired) electrons. The standard InChI is InChI=1S/C17H18Cl2N2O/c1-12(17(22)20-16-9-4-3-8-15(16)19)21(2)11-13-6-5-7-14(18)10-13/h3-10,12H,11H2,1-2H3,(H,20,22). The van der Waals surface area contributed by atoms with Crippen LogP contribution in [-0.2, 0) is 11.3 Å². The van der Waals surface area contributed by atoms with E-state index in [0.29, 0.717) is 22.3 Å². The van der Waals surface area contributed by atoms with E-state index in [2.05, 4.69) is 5.32 Å². The van der Waals surface area contributed by atoms with Crippen molar-refractivity contribution in [2.45, 2.75) is 19.5 Å². The summed E-state index contributed by atoms with van der Waals surface area (Å²) in [6.07, 6.45) is 0. The molecule has 116 valence electrons. The molecule has 0 aliphatic heterocycles. The van der Waals surface area contributed by atoms with Gasteiger partial charge >= 0.3 is 0 Å². The molecule has 0 bridgehead atoms. The van der Waals surface area contributed by atoms with Gasteiger partial charge in [-0.1, -0.05) is 47.5 Å². The van der Waals surface area contributed by atoms with Crippen LogP contribution in [-0.4, -0.2) is 23.9 Å². The van der Waals surface area contributed by atoms with Gasteiger partial charge in [0.15, 0.2) is 0 Å². The summed E-state index contributed by atoms with van der Waals surface area (Å²) < 4.78 is 0. The van der Waals surface area contributed by atoms with Gasteiger partial charge in [-0.25, -0.2) is 0 Å². The average molecular weight is 337 g/mol. The van der Waals surface area contributed by atoms with Crippen molar-refractivity contribution in [2.24, 2.45) is 0 Å². The van der Waals surface area contributed by atoms with Crippen LogP contribution in [0.2, 0.25) is 10.0 Å². The van der Waals surface area contributed by atoms with Crippen LogP contribution in [0, 0.1) is 0 Å². The number of likely N-dealkylation sites (N-methyl/N-ethyl adjacent to an activating group) is 1. The van der Waals surface area contributed by atoms with Crippen molar-refractivity contribution in [3.8, 4) is 0 Å². The summed E-state index contributed by atoms with van der Waals surface area (Å²) in [6, 6.07) is 14.5. The lowest BCUT2D eigenvalue weighted by atomic mass is 10.2. The Hall–Kier alpha value is -1.55. The third-order valence-electron chi connectivity index (χ3n) is 3.49. The van der Waals surface area contributed by atoms with E-state index in [0.717, 1.165) is 5.56 Å². The maximum Gasteiger partial charge on any atom is 0.241 e. The van der Waals surface area contributed by atoms with Gasteiger partial charge in [-0.2, -0.15) is 0 Å². The molecule has 1 amide bonds. The molecule has 5 heteroatoms. The number of para-hydroxylation sites is 1. The number of hydrogen-bond acceptors (Lipinski definition) is 2. The molecule has 2 aromatic carbocycles. The molecule has 0 saturated carbocycles. The lowest BCUT2D eigenvalue weighted by Gasteiger charge is -2.24. The number of benzene rings is 2. The molecule has 1 atom stereocenters. The third-order valence-corrected chi connectivity index (χ3v) is 4.06. The Balaban J connectivity index is 1.99. The van der Waals surface area contributed by atoms with E-state index in [-0.39, 0.29) is 11.9 Å². The lowest BCUT2D eigenvalue weighted by molar-refractivity contribution is -0.120. The number of carbonyl (C=O) groups is 1. The Morgan fingerprint density at radius 3 is 2.59 bits per heavy atom. The summed E-state index contributed by atoms with van der Waals surface area (Å²) in [5, 5.41) is 4.07. The molecule has 0 spiro atoms. The van der Waals surface area contributed by atoms with Crippen molar-refractivity contribution in [3.63, 3.8) is 0 Å². The Morgan fingerprint density at radius 1 is 1.18 bits per heavy atom. The number of halogens is 2. The summed E-state index contributed by atoms with van der Waals surface area (Å²) in [6.45, 7) is 2.49. The zero-order valence-corrected chi connectivity index (χ0v) is 14.0. The van der Waals surface area contributed by atoms with E-state index < -0.39 is 0 Å². The molecule has 0 heterocycles. The molecule has 1 unspecified atom stereocenters. The number of anilines is 1. The van der Waals surface area contributed by atoms with Gasteiger partial charge in [0.25, 0.3) is 0 Å². The van der Waals surface area contributed by atoms with Crippen molar-refractivity contribution >= 4 is 34.8 Å². The highest BCUT2D eigenvalue weighted by molar-refractivity contribution is 6.33. The van der Waals surface area contributed by atoms with Crippen LogP contribution in [0.4, 0.5) is 5.69 Å². The van der Waals surface area contributed by atoms with E-state index >= 15 is 0 Å².